The predicted molar refractivity (Wildman–Crippen MR) is 73.1 cm³/mol. The molecule has 0 saturated heterocycles. The molecule has 4 rings (SSSR count). The van der Waals surface area contributed by atoms with Crippen LogP contribution in [0.4, 0.5) is 10.2 Å². The molecule has 0 radical (unpaired) electrons. The number of aromatic nitrogens is 3. The second-order valence-corrected chi connectivity index (χ2v) is 5.48. The Hall–Kier alpha value is -1.95. The van der Waals surface area contributed by atoms with E-state index in [9.17, 15) is 4.39 Å². The number of fused-ring (bicyclic) bond motifs is 3. The van der Waals surface area contributed by atoms with Crippen molar-refractivity contribution in [3.63, 3.8) is 0 Å². The van der Waals surface area contributed by atoms with Crippen molar-refractivity contribution in [3.8, 4) is 0 Å². The first-order chi connectivity index (χ1) is 9.33. The van der Waals surface area contributed by atoms with E-state index < -0.39 is 0 Å². The van der Waals surface area contributed by atoms with Gasteiger partial charge in [0, 0.05) is 29.6 Å². The lowest BCUT2D eigenvalue weighted by molar-refractivity contribution is 0.483. The van der Waals surface area contributed by atoms with E-state index in [-0.39, 0.29) is 11.9 Å². The van der Waals surface area contributed by atoms with Crippen LogP contribution in [0.2, 0.25) is 0 Å². The highest BCUT2D eigenvalue weighted by Crippen LogP contribution is 2.35. The summed E-state index contributed by atoms with van der Waals surface area (Å²) in [7, 11) is 0. The minimum atomic E-state index is -0.256. The first-order valence-corrected chi connectivity index (χ1v) is 7.02. The van der Waals surface area contributed by atoms with Gasteiger partial charge in [0.25, 0.3) is 0 Å². The molecule has 4 nitrogen and oxygen atoms in total. The fraction of sp³-hybridized carbons (Fsp3) is 0.231. The van der Waals surface area contributed by atoms with Gasteiger partial charge in [-0.25, -0.2) is 14.1 Å². The monoisotopic (exact) mass is 274 g/mol. The van der Waals surface area contributed by atoms with E-state index in [1.807, 2.05) is 16.3 Å². The quantitative estimate of drug-likeness (QED) is 0.741. The van der Waals surface area contributed by atoms with Gasteiger partial charge >= 0.3 is 0 Å². The largest absolute Gasteiger partial charge is 0.370 e. The molecule has 0 bridgehead atoms. The summed E-state index contributed by atoms with van der Waals surface area (Å²) < 4.78 is 15.2. The van der Waals surface area contributed by atoms with Gasteiger partial charge in [0.2, 0.25) is 0 Å². The third kappa shape index (κ3) is 1.63. The SMILES string of the molecule is Fc1ccc2c3n(nc2c1)C(c1nccs1)CCN3. The van der Waals surface area contributed by atoms with Crippen LogP contribution in [0.25, 0.3) is 10.9 Å². The molecule has 96 valence electrons. The molecule has 0 aliphatic carbocycles. The third-order valence-electron chi connectivity index (χ3n) is 3.40. The topological polar surface area (TPSA) is 42.7 Å². The minimum absolute atomic E-state index is 0.145. The zero-order valence-corrected chi connectivity index (χ0v) is 10.8. The molecule has 6 heteroatoms. The number of halogens is 1. The smallest absolute Gasteiger partial charge is 0.133 e. The van der Waals surface area contributed by atoms with Crippen molar-refractivity contribution in [3.05, 3.63) is 40.6 Å². The normalized spacial score (nSPS) is 18.3. The third-order valence-corrected chi connectivity index (χ3v) is 4.28. The number of rotatable bonds is 1. The standard InChI is InChI=1S/C13H11FN4S/c14-8-1-2-9-10(7-8)17-18-11(3-4-15-12(9)18)13-16-5-6-19-13/h1-2,5-7,11,15H,3-4H2. The Kier molecular flexibility index (Phi) is 2.32. The van der Waals surface area contributed by atoms with Crippen molar-refractivity contribution in [1.82, 2.24) is 14.8 Å². The molecule has 0 fully saturated rings. The van der Waals surface area contributed by atoms with E-state index >= 15 is 0 Å². The summed E-state index contributed by atoms with van der Waals surface area (Å²) in [5.74, 6) is 0.704. The number of nitrogens with one attached hydrogen (secondary N) is 1. The predicted octanol–water partition coefficient (Wildman–Crippen LogP) is 3.04. The molecular weight excluding hydrogens is 263 g/mol. The van der Waals surface area contributed by atoms with Gasteiger partial charge in [0.15, 0.2) is 0 Å². The van der Waals surface area contributed by atoms with Crippen LogP contribution in [-0.2, 0) is 0 Å². The average molecular weight is 274 g/mol. The first-order valence-electron chi connectivity index (χ1n) is 6.14. The van der Waals surface area contributed by atoms with Gasteiger partial charge in [-0.3, -0.25) is 0 Å². The van der Waals surface area contributed by atoms with Gasteiger partial charge in [0.05, 0.1) is 5.52 Å². The molecule has 3 heterocycles. The number of benzene rings is 1. The lowest BCUT2D eigenvalue weighted by Gasteiger charge is -2.24. The minimum Gasteiger partial charge on any atom is -0.370 e. The second kappa shape index (κ2) is 4.03. The van der Waals surface area contributed by atoms with Crippen LogP contribution < -0.4 is 5.32 Å². The second-order valence-electron chi connectivity index (χ2n) is 4.56. The number of anilines is 1. The van der Waals surface area contributed by atoms with Crippen molar-refractivity contribution in [2.75, 3.05) is 11.9 Å². The van der Waals surface area contributed by atoms with Crippen LogP contribution in [0.15, 0.2) is 29.8 Å². The molecule has 0 amide bonds. The van der Waals surface area contributed by atoms with Gasteiger partial charge in [-0.15, -0.1) is 11.3 Å². The van der Waals surface area contributed by atoms with Crippen molar-refractivity contribution in [2.24, 2.45) is 0 Å². The zero-order valence-electron chi connectivity index (χ0n) is 10.0. The number of hydrogen-bond acceptors (Lipinski definition) is 4. The summed E-state index contributed by atoms with van der Waals surface area (Å²) >= 11 is 1.63. The van der Waals surface area contributed by atoms with Crippen LogP contribution in [-0.4, -0.2) is 21.3 Å². The molecule has 19 heavy (non-hydrogen) atoms. The van der Waals surface area contributed by atoms with Crippen LogP contribution in [0, 0.1) is 5.82 Å². The summed E-state index contributed by atoms with van der Waals surface area (Å²) in [5.41, 5.74) is 0.686. The maximum absolute atomic E-state index is 13.3. The molecule has 2 aromatic heterocycles. The summed E-state index contributed by atoms with van der Waals surface area (Å²) in [6.45, 7) is 0.877. The summed E-state index contributed by atoms with van der Waals surface area (Å²) in [6, 6.07) is 4.87. The number of hydrogen-bond donors (Lipinski definition) is 1. The zero-order chi connectivity index (χ0) is 12.8. The van der Waals surface area contributed by atoms with Crippen molar-refractivity contribution >= 4 is 28.1 Å². The van der Waals surface area contributed by atoms with Crippen molar-refractivity contribution < 1.29 is 4.39 Å². The molecule has 3 aromatic rings. The molecule has 1 N–H and O–H groups in total. The lowest BCUT2D eigenvalue weighted by atomic mass is 10.1. The Labute approximate surface area is 112 Å². The molecule has 0 saturated carbocycles. The van der Waals surface area contributed by atoms with Gasteiger partial charge in [-0.2, -0.15) is 5.10 Å². The van der Waals surface area contributed by atoms with Gasteiger partial charge < -0.3 is 5.32 Å². The van der Waals surface area contributed by atoms with Gasteiger partial charge in [-0.05, 0) is 18.6 Å². The average Bonchev–Trinajstić information content (AvgIpc) is 3.04. The molecule has 1 atom stereocenters. The van der Waals surface area contributed by atoms with Crippen LogP contribution >= 0.6 is 11.3 Å². The molecular formula is C13H11FN4S. The fourth-order valence-corrected chi connectivity index (χ4v) is 3.31. The van der Waals surface area contributed by atoms with Gasteiger partial charge in [0.1, 0.15) is 22.7 Å². The van der Waals surface area contributed by atoms with Crippen LogP contribution in [0.3, 0.4) is 0 Å². The maximum atomic E-state index is 13.3. The fourth-order valence-electron chi connectivity index (χ4n) is 2.56. The molecule has 1 aliphatic heterocycles. The van der Waals surface area contributed by atoms with Crippen LogP contribution in [0.1, 0.15) is 17.5 Å². The van der Waals surface area contributed by atoms with E-state index in [4.69, 9.17) is 0 Å². The highest BCUT2D eigenvalue weighted by molar-refractivity contribution is 7.09. The highest BCUT2D eigenvalue weighted by Gasteiger charge is 2.26. The summed E-state index contributed by atoms with van der Waals surface area (Å²) in [5, 5.41) is 11.9. The lowest BCUT2D eigenvalue weighted by Crippen LogP contribution is -2.24. The first kappa shape index (κ1) is 10.9. The Morgan fingerprint density at radius 2 is 2.37 bits per heavy atom. The van der Waals surface area contributed by atoms with E-state index in [1.54, 1.807) is 17.4 Å². The molecule has 0 spiro atoms. The molecule has 1 aliphatic rings. The van der Waals surface area contributed by atoms with E-state index in [1.165, 1.54) is 12.1 Å². The number of nitrogens with zero attached hydrogens (tertiary/aromatic N) is 3. The Balaban J connectivity index is 1.93. The van der Waals surface area contributed by atoms with E-state index in [0.29, 0.717) is 5.52 Å². The Morgan fingerprint density at radius 1 is 1.42 bits per heavy atom. The Morgan fingerprint density at radius 3 is 3.21 bits per heavy atom. The van der Waals surface area contributed by atoms with E-state index in [2.05, 4.69) is 15.4 Å². The number of thiazole rings is 1. The van der Waals surface area contributed by atoms with Gasteiger partial charge in [-0.1, -0.05) is 0 Å². The molecule has 1 unspecified atom stereocenters. The summed E-state index contributed by atoms with van der Waals surface area (Å²) in [6.07, 6.45) is 2.75. The van der Waals surface area contributed by atoms with Crippen LogP contribution in [0.5, 0.6) is 0 Å². The van der Waals surface area contributed by atoms with Crippen molar-refractivity contribution in [2.45, 2.75) is 12.5 Å². The van der Waals surface area contributed by atoms with E-state index in [0.717, 1.165) is 29.2 Å². The highest BCUT2D eigenvalue weighted by atomic mass is 32.1. The maximum Gasteiger partial charge on any atom is 0.133 e. The Bertz CT molecular complexity index is 735. The summed E-state index contributed by atoms with van der Waals surface area (Å²) in [4.78, 5) is 4.38. The van der Waals surface area contributed by atoms with Crippen molar-refractivity contribution in [1.29, 1.82) is 0 Å². The molecule has 1 aromatic carbocycles.